The fourth-order valence-electron chi connectivity index (χ4n) is 1.74. The molecule has 0 saturated heterocycles. The molecule has 0 unspecified atom stereocenters. The van der Waals surface area contributed by atoms with Gasteiger partial charge in [0.15, 0.2) is 0 Å². The van der Waals surface area contributed by atoms with Gasteiger partial charge in [-0.15, -0.1) is 0 Å². The number of nitrogens with zero attached hydrogens (tertiary/aromatic N) is 4. The number of amides is 1. The van der Waals surface area contributed by atoms with Crippen LogP contribution < -0.4 is 10.6 Å². The number of carbonyl (C=O) groups is 1. The van der Waals surface area contributed by atoms with Gasteiger partial charge in [-0.1, -0.05) is 0 Å². The highest BCUT2D eigenvalue weighted by Crippen LogP contribution is 2.02. The van der Waals surface area contributed by atoms with Gasteiger partial charge in [-0.05, 0) is 37.9 Å². The molecule has 0 fully saturated rings. The highest BCUT2D eigenvalue weighted by Gasteiger charge is 2.08. The summed E-state index contributed by atoms with van der Waals surface area (Å²) >= 11 is 0. The van der Waals surface area contributed by atoms with Gasteiger partial charge >= 0.3 is 0 Å². The molecule has 2 aromatic rings. The first-order valence-electron chi connectivity index (χ1n) is 7.04. The minimum absolute atomic E-state index is 0.227. The van der Waals surface area contributed by atoms with Crippen LogP contribution in [0.5, 0.6) is 0 Å². The van der Waals surface area contributed by atoms with Crippen molar-refractivity contribution < 1.29 is 4.79 Å². The first-order valence-corrected chi connectivity index (χ1v) is 7.04. The second-order valence-corrected chi connectivity index (χ2v) is 5.03. The molecule has 0 bridgehead atoms. The van der Waals surface area contributed by atoms with Crippen LogP contribution in [0.15, 0.2) is 36.8 Å². The lowest BCUT2D eigenvalue weighted by atomic mass is 10.2. The van der Waals surface area contributed by atoms with Crippen molar-refractivity contribution in [1.82, 2.24) is 25.2 Å². The second-order valence-electron chi connectivity index (χ2n) is 5.03. The van der Waals surface area contributed by atoms with Crippen LogP contribution in [0.4, 0.5) is 5.95 Å². The molecule has 0 saturated carbocycles. The van der Waals surface area contributed by atoms with Crippen molar-refractivity contribution in [3.63, 3.8) is 0 Å². The number of hydrogen-bond acceptors (Lipinski definition) is 6. The minimum Gasteiger partial charge on any atom is -0.353 e. The van der Waals surface area contributed by atoms with Gasteiger partial charge in [-0.3, -0.25) is 9.78 Å². The van der Waals surface area contributed by atoms with Crippen molar-refractivity contribution in [2.75, 3.05) is 32.5 Å². The zero-order valence-electron chi connectivity index (χ0n) is 12.8. The maximum Gasteiger partial charge on any atom is 0.270 e. The zero-order chi connectivity index (χ0) is 15.8. The maximum atomic E-state index is 12.1. The van der Waals surface area contributed by atoms with Crippen molar-refractivity contribution in [1.29, 1.82) is 0 Å². The van der Waals surface area contributed by atoms with Crippen molar-refractivity contribution in [2.45, 2.75) is 6.54 Å². The van der Waals surface area contributed by atoms with Gasteiger partial charge in [-0.25, -0.2) is 9.97 Å². The highest BCUT2D eigenvalue weighted by molar-refractivity contribution is 5.92. The molecular weight excluding hydrogens is 280 g/mol. The molecule has 22 heavy (non-hydrogen) atoms. The summed E-state index contributed by atoms with van der Waals surface area (Å²) < 4.78 is 0. The van der Waals surface area contributed by atoms with Crippen molar-refractivity contribution in [2.24, 2.45) is 0 Å². The van der Waals surface area contributed by atoms with E-state index >= 15 is 0 Å². The SMILES string of the molecule is CN(C)CCNc1nccc(C(=O)NCc2ccncc2)n1. The van der Waals surface area contributed by atoms with E-state index in [2.05, 4.69) is 30.5 Å². The number of hydrogen-bond donors (Lipinski definition) is 2. The molecule has 0 aliphatic heterocycles. The molecule has 1 amide bonds. The van der Waals surface area contributed by atoms with Gasteiger partial charge < -0.3 is 15.5 Å². The number of aromatic nitrogens is 3. The fourth-order valence-corrected chi connectivity index (χ4v) is 1.74. The van der Waals surface area contributed by atoms with E-state index in [0.29, 0.717) is 18.2 Å². The van der Waals surface area contributed by atoms with Crippen LogP contribution >= 0.6 is 0 Å². The summed E-state index contributed by atoms with van der Waals surface area (Å²) in [7, 11) is 3.98. The predicted molar refractivity (Wildman–Crippen MR) is 84.5 cm³/mol. The Hall–Kier alpha value is -2.54. The van der Waals surface area contributed by atoms with Crippen LogP contribution in [-0.2, 0) is 6.54 Å². The average molecular weight is 300 g/mol. The van der Waals surface area contributed by atoms with E-state index in [9.17, 15) is 4.79 Å². The molecule has 2 rings (SSSR count). The number of anilines is 1. The smallest absolute Gasteiger partial charge is 0.270 e. The van der Waals surface area contributed by atoms with Crippen LogP contribution in [0.1, 0.15) is 16.1 Å². The molecule has 0 radical (unpaired) electrons. The Morgan fingerprint density at radius 2 is 1.95 bits per heavy atom. The Morgan fingerprint density at radius 3 is 2.68 bits per heavy atom. The van der Waals surface area contributed by atoms with E-state index in [4.69, 9.17) is 0 Å². The van der Waals surface area contributed by atoms with Crippen LogP contribution in [-0.4, -0.2) is 52.9 Å². The summed E-state index contributed by atoms with van der Waals surface area (Å²) in [6, 6.07) is 5.31. The van der Waals surface area contributed by atoms with E-state index in [1.165, 1.54) is 0 Å². The Balaban J connectivity index is 1.89. The summed E-state index contributed by atoms with van der Waals surface area (Å²) in [6.07, 6.45) is 4.96. The third kappa shape index (κ3) is 5.10. The molecule has 7 heteroatoms. The first kappa shape index (κ1) is 15.8. The molecule has 0 aromatic carbocycles. The van der Waals surface area contributed by atoms with Crippen LogP contribution in [0.25, 0.3) is 0 Å². The number of nitrogens with one attached hydrogen (secondary N) is 2. The lowest BCUT2D eigenvalue weighted by Crippen LogP contribution is -2.25. The van der Waals surface area contributed by atoms with E-state index in [1.54, 1.807) is 24.7 Å². The first-order chi connectivity index (χ1) is 10.6. The normalized spacial score (nSPS) is 10.5. The zero-order valence-corrected chi connectivity index (χ0v) is 12.8. The van der Waals surface area contributed by atoms with E-state index in [0.717, 1.165) is 18.7 Å². The Kier molecular flexibility index (Phi) is 5.79. The quantitative estimate of drug-likeness (QED) is 0.786. The molecule has 116 valence electrons. The molecule has 0 atom stereocenters. The molecule has 2 N–H and O–H groups in total. The van der Waals surface area contributed by atoms with Crippen molar-refractivity contribution in [3.8, 4) is 0 Å². The Labute approximate surface area is 129 Å². The third-order valence-corrected chi connectivity index (χ3v) is 2.93. The molecular formula is C15H20N6O. The van der Waals surface area contributed by atoms with Gasteiger partial charge in [-0.2, -0.15) is 0 Å². The van der Waals surface area contributed by atoms with Crippen LogP contribution in [0.2, 0.25) is 0 Å². The summed E-state index contributed by atoms with van der Waals surface area (Å²) in [4.78, 5) is 26.4. The second kappa shape index (κ2) is 8.04. The summed E-state index contributed by atoms with van der Waals surface area (Å²) in [6.45, 7) is 2.02. The maximum absolute atomic E-state index is 12.1. The van der Waals surface area contributed by atoms with Gasteiger partial charge in [0.1, 0.15) is 5.69 Å². The molecule has 2 heterocycles. The summed E-state index contributed by atoms with van der Waals surface area (Å²) in [5, 5.41) is 5.92. The fraction of sp³-hybridized carbons (Fsp3) is 0.333. The van der Waals surface area contributed by atoms with E-state index in [1.807, 2.05) is 26.2 Å². The number of pyridine rings is 1. The molecule has 0 aliphatic rings. The van der Waals surface area contributed by atoms with Gasteiger partial charge in [0.05, 0.1) is 0 Å². The molecule has 2 aromatic heterocycles. The Morgan fingerprint density at radius 1 is 1.18 bits per heavy atom. The minimum atomic E-state index is -0.227. The number of likely N-dealkylation sites (N-methyl/N-ethyl adjacent to an activating group) is 1. The lowest BCUT2D eigenvalue weighted by molar-refractivity contribution is 0.0946. The Bertz CT molecular complexity index is 602. The predicted octanol–water partition coefficient (Wildman–Crippen LogP) is 0.775. The lowest BCUT2D eigenvalue weighted by Gasteiger charge is -2.10. The highest BCUT2D eigenvalue weighted by atomic mass is 16.1. The van der Waals surface area contributed by atoms with Crippen molar-refractivity contribution >= 4 is 11.9 Å². The van der Waals surface area contributed by atoms with E-state index in [-0.39, 0.29) is 5.91 Å². The van der Waals surface area contributed by atoms with Crippen LogP contribution in [0, 0.1) is 0 Å². The molecule has 7 nitrogen and oxygen atoms in total. The molecule has 0 spiro atoms. The van der Waals surface area contributed by atoms with E-state index < -0.39 is 0 Å². The number of rotatable bonds is 7. The van der Waals surface area contributed by atoms with Crippen molar-refractivity contribution in [3.05, 3.63) is 48.0 Å². The average Bonchev–Trinajstić information content (AvgIpc) is 2.53. The van der Waals surface area contributed by atoms with Gasteiger partial charge in [0.25, 0.3) is 5.91 Å². The monoisotopic (exact) mass is 300 g/mol. The van der Waals surface area contributed by atoms with Crippen LogP contribution in [0.3, 0.4) is 0 Å². The van der Waals surface area contributed by atoms with Gasteiger partial charge in [0.2, 0.25) is 5.95 Å². The summed E-state index contributed by atoms with van der Waals surface area (Å²) in [5.74, 6) is 0.230. The van der Waals surface area contributed by atoms with Gasteiger partial charge in [0, 0.05) is 38.2 Å². The topological polar surface area (TPSA) is 83.0 Å². The third-order valence-electron chi connectivity index (χ3n) is 2.93. The standard InChI is InChI=1S/C15H20N6O/c1-21(2)10-9-18-15-17-8-5-13(20-15)14(22)19-11-12-3-6-16-7-4-12/h3-8H,9-11H2,1-2H3,(H,19,22)(H,17,18,20). The molecule has 0 aliphatic carbocycles. The number of carbonyl (C=O) groups excluding carboxylic acids is 1. The largest absolute Gasteiger partial charge is 0.353 e. The summed E-state index contributed by atoms with van der Waals surface area (Å²) in [5.41, 5.74) is 1.33.